The minimum absolute atomic E-state index is 0.0710. The van der Waals surface area contributed by atoms with E-state index in [-0.39, 0.29) is 17.1 Å². The smallest absolute Gasteiger partial charge is 0.322 e. The number of rotatable bonds is 3. The van der Waals surface area contributed by atoms with Gasteiger partial charge in [-0.25, -0.2) is 0 Å². The van der Waals surface area contributed by atoms with Crippen LogP contribution in [0.1, 0.15) is 69.8 Å². The summed E-state index contributed by atoms with van der Waals surface area (Å²) >= 11 is 0. The highest BCUT2D eigenvalue weighted by atomic mass is 16.4. The zero-order valence-corrected chi connectivity index (χ0v) is 19.2. The molecule has 1 aromatic carbocycles. The van der Waals surface area contributed by atoms with Gasteiger partial charge in [0.15, 0.2) is 11.7 Å². The van der Waals surface area contributed by atoms with Crippen molar-refractivity contribution in [1.82, 2.24) is 0 Å². The van der Waals surface area contributed by atoms with Crippen molar-refractivity contribution >= 4 is 17.7 Å². The Balaban J connectivity index is 0.000000174. The van der Waals surface area contributed by atoms with Gasteiger partial charge >= 0.3 is 11.9 Å². The van der Waals surface area contributed by atoms with Crippen LogP contribution >= 0.6 is 0 Å². The number of hydrogen-bond donors (Lipinski definition) is 3. The molecule has 0 heterocycles. The quantitative estimate of drug-likeness (QED) is 0.583. The van der Waals surface area contributed by atoms with Crippen molar-refractivity contribution in [1.29, 1.82) is 0 Å². The monoisotopic (exact) mass is 454 g/mol. The Morgan fingerprint density at radius 1 is 0.939 bits per heavy atom. The lowest BCUT2D eigenvalue weighted by Gasteiger charge is -2.53. The summed E-state index contributed by atoms with van der Waals surface area (Å²) in [6.07, 6.45) is 10.9. The maximum absolute atomic E-state index is 11.6. The fraction of sp³-hybridized carbons (Fsp3) is 0.593. The Kier molecular flexibility index (Phi) is 6.76. The number of allylic oxidation sites excluding steroid dienone is 1. The Hall–Kier alpha value is -2.47. The van der Waals surface area contributed by atoms with Crippen molar-refractivity contribution in [3.05, 3.63) is 47.5 Å². The minimum atomic E-state index is -1.47. The van der Waals surface area contributed by atoms with Crippen LogP contribution in [0.25, 0.3) is 0 Å². The second-order valence-corrected chi connectivity index (χ2v) is 10.5. The third-order valence-electron chi connectivity index (χ3n) is 8.88. The SMILES string of the molecule is C[C@]12CC[C@H]3[C@@H](CCC4=CC(=O)CC[C@@H]43)[C@@H]1CC[C@@H]2O.O=C(O)C(C(=O)O)c1ccccc1. The molecule has 6 nitrogen and oxygen atoms in total. The van der Waals surface area contributed by atoms with Crippen LogP contribution in [-0.4, -0.2) is 39.1 Å². The third kappa shape index (κ3) is 4.50. The highest BCUT2D eigenvalue weighted by Crippen LogP contribution is 2.61. The maximum Gasteiger partial charge on any atom is 0.322 e. The van der Waals surface area contributed by atoms with Crippen molar-refractivity contribution in [2.24, 2.45) is 29.1 Å². The molecule has 0 bridgehead atoms. The van der Waals surface area contributed by atoms with Crippen molar-refractivity contribution < 1.29 is 29.7 Å². The number of carbonyl (C=O) groups is 3. The van der Waals surface area contributed by atoms with Crippen molar-refractivity contribution in [3.8, 4) is 0 Å². The summed E-state index contributed by atoms with van der Waals surface area (Å²) in [4.78, 5) is 32.8. The third-order valence-corrected chi connectivity index (χ3v) is 8.88. The van der Waals surface area contributed by atoms with Crippen LogP contribution in [0.2, 0.25) is 0 Å². The number of carboxylic acid groups (broad SMARTS) is 2. The topological polar surface area (TPSA) is 112 Å². The van der Waals surface area contributed by atoms with Crippen molar-refractivity contribution in [2.75, 3.05) is 0 Å². The minimum Gasteiger partial charge on any atom is -0.480 e. The first kappa shape index (κ1) is 23.7. The van der Waals surface area contributed by atoms with E-state index < -0.39 is 17.9 Å². The molecule has 3 saturated carbocycles. The van der Waals surface area contributed by atoms with Gasteiger partial charge in [-0.1, -0.05) is 42.8 Å². The summed E-state index contributed by atoms with van der Waals surface area (Å²) in [5, 5.41) is 27.6. The Morgan fingerprint density at radius 2 is 1.64 bits per heavy atom. The molecule has 0 radical (unpaired) electrons. The van der Waals surface area contributed by atoms with Gasteiger partial charge in [0.2, 0.25) is 0 Å². The largest absolute Gasteiger partial charge is 0.480 e. The van der Waals surface area contributed by atoms with Gasteiger partial charge in [-0.15, -0.1) is 0 Å². The van der Waals surface area contributed by atoms with Crippen LogP contribution in [0.3, 0.4) is 0 Å². The molecule has 0 saturated heterocycles. The van der Waals surface area contributed by atoms with Gasteiger partial charge in [-0.05, 0) is 85.7 Å². The summed E-state index contributed by atoms with van der Waals surface area (Å²) in [6, 6.07) is 7.87. The van der Waals surface area contributed by atoms with Crippen LogP contribution < -0.4 is 0 Å². The number of carboxylic acids is 2. The number of aliphatic hydroxyl groups is 1. The Bertz CT molecular complexity index is 923. The second-order valence-electron chi connectivity index (χ2n) is 10.5. The summed E-state index contributed by atoms with van der Waals surface area (Å²) in [5.41, 5.74) is 1.93. The first-order valence-electron chi connectivity index (χ1n) is 12.1. The van der Waals surface area contributed by atoms with Gasteiger partial charge in [0.05, 0.1) is 6.10 Å². The average molecular weight is 455 g/mol. The molecule has 0 aliphatic heterocycles. The number of hydrogen-bond acceptors (Lipinski definition) is 4. The second kappa shape index (κ2) is 9.41. The van der Waals surface area contributed by atoms with Gasteiger partial charge in [0, 0.05) is 6.42 Å². The van der Waals surface area contributed by atoms with E-state index in [1.807, 2.05) is 6.08 Å². The molecule has 0 aromatic heterocycles. The predicted octanol–water partition coefficient (Wildman–Crippen LogP) is 4.43. The zero-order chi connectivity index (χ0) is 23.8. The average Bonchev–Trinajstić information content (AvgIpc) is 3.08. The van der Waals surface area contributed by atoms with Gasteiger partial charge in [0.25, 0.3) is 0 Å². The number of fused-ring (bicyclic) bond motifs is 5. The molecule has 4 aliphatic carbocycles. The molecule has 0 spiro atoms. The first-order valence-corrected chi connectivity index (χ1v) is 12.1. The standard InChI is InChI=1S/C18H26O2.C9H8O4/c1-18-9-8-14-13-5-3-12(19)10-11(13)2-4-15(14)16(18)6-7-17(18)20;10-8(11)7(9(12)13)6-4-2-1-3-5-6/h10,13-17,20H,2-9H2,1H3;1-5,7H,(H,10,11)(H,12,13)/t13-,14+,15+,16-,17-,18-;/m0./s1. The molecule has 3 fully saturated rings. The zero-order valence-electron chi connectivity index (χ0n) is 19.2. The molecule has 33 heavy (non-hydrogen) atoms. The van der Waals surface area contributed by atoms with Crippen molar-refractivity contribution in [3.63, 3.8) is 0 Å². The van der Waals surface area contributed by atoms with Gasteiger partial charge in [0.1, 0.15) is 0 Å². The number of aliphatic hydroxyl groups excluding tert-OH is 1. The van der Waals surface area contributed by atoms with E-state index in [0.717, 1.165) is 43.4 Å². The summed E-state index contributed by atoms with van der Waals surface area (Å²) in [6.45, 7) is 2.33. The number of benzene rings is 1. The van der Waals surface area contributed by atoms with E-state index in [0.29, 0.717) is 11.7 Å². The molecule has 6 atom stereocenters. The van der Waals surface area contributed by atoms with Crippen LogP contribution in [0.4, 0.5) is 0 Å². The fourth-order valence-corrected chi connectivity index (χ4v) is 7.19. The molecule has 5 rings (SSSR count). The molecule has 0 amide bonds. The Labute approximate surface area is 194 Å². The molecule has 3 N–H and O–H groups in total. The number of ketones is 1. The van der Waals surface area contributed by atoms with E-state index in [1.54, 1.807) is 18.2 Å². The van der Waals surface area contributed by atoms with Crippen LogP contribution in [0.15, 0.2) is 42.0 Å². The normalized spacial score (nSPS) is 34.8. The first-order chi connectivity index (χ1) is 15.7. The highest BCUT2D eigenvalue weighted by molar-refractivity contribution is 5.98. The van der Waals surface area contributed by atoms with Gasteiger partial charge < -0.3 is 15.3 Å². The highest BCUT2D eigenvalue weighted by Gasteiger charge is 2.55. The van der Waals surface area contributed by atoms with Crippen molar-refractivity contribution in [2.45, 2.75) is 70.3 Å². The molecule has 1 aromatic rings. The predicted molar refractivity (Wildman–Crippen MR) is 123 cm³/mol. The molecular weight excluding hydrogens is 420 g/mol. The van der Waals surface area contributed by atoms with Crippen LogP contribution in [0.5, 0.6) is 0 Å². The fourth-order valence-electron chi connectivity index (χ4n) is 7.19. The molecular formula is C27H34O6. The Morgan fingerprint density at radius 3 is 2.30 bits per heavy atom. The lowest BCUT2D eigenvalue weighted by Crippen LogP contribution is -2.47. The molecule has 6 heteroatoms. The summed E-state index contributed by atoms with van der Waals surface area (Å²) in [5.74, 6) is -0.790. The van der Waals surface area contributed by atoms with Gasteiger partial charge in [-0.3, -0.25) is 14.4 Å². The maximum atomic E-state index is 11.6. The van der Waals surface area contributed by atoms with E-state index in [4.69, 9.17) is 10.2 Å². The van der Waals surface area contributed by atoms with Gasteiger partial charge in [-0.2, -0.15) is 0 Å². The van der Waals surface area contributed by atoms with Crippen LogP contribution in [-0.2, 0) is 14.4 Å². The lowest BCUT2D eigenvalue weighted by atomic mass is 9.52. The number of carbonyl (C=O) groups excluding carboxylic acids is 1. The molecule has 178 valence electrons. The molecule has 0 unspecified atom stereocenters. The summed E-state index contributed by atoms with van der Waals surface area (Å²) in [7, 11) is 0. The lowest BCUT2D eigenvalue weighted by molar-refractivity contribution is -0.150. The van der Waals surface area contributed by atoms with E-state index >= 15 is 0 Å². The molecule has 4 aliphatic rings. The van der Waals surface area contributed by atoms with E-state index in [9.17, 15) is 19.5 Å². The van der Waals surface area contributed by atoms with E-state index in [2.05, 4.69) is 6.92 Å². The van der Waals surface area contributed by atoms with Crippen LogP contribution in [0, 0.1) is 29.1 Å². The van der Waals surface area contributed by atoms with E-state index in [1.165, 1.54) is 43.4 Å². The number of aliphatic carboxylic acids is 2. The summed E-state index contributed by atoms with van der Waals surface area (Å²) < 4.78 is 0.